The van der Waals surface area contributed by atoms with Crippen molar-refractivity contribution in [2.75, 3.05) is 0 Å². The molecule has 18 heavy (non-hydrogen) atoms. The Morgan fingerprint density at radius 1 is 1.17 bits per heavy atom. The second kappa shape index (κ2) is 6.17. The molecule has 1 heteroatoms. The maximum atomic E-state index is 11.3. The van der Waals surface area contributed by atoms with E-state index in [0.717, 1.165) is 12.3 Å². The second-order valence-electron chi connectivity index (χ2n) is 5.79. The summed E-state index contributed by atoms with van der Waals surface area (Å²) >= 11 is 0. The number of Topliss-reactive ketones (excluding diaryl/α,β-unsaturated/α-hetero) is 1. The minimum atomic E-state index is 0.144. The molecule has 1 fully saturated rings. The molecule has 1 aromatic carbocycles. The van der Waals surface area contributed by atoms with Gasteiger partial charge in [-0.05, 0) is 43.2 Å². The summed E-state index contributed by atoms with van der Waals surface area (Å²) in [4.78, 5) is 11.3. The van der Waals surface area contributed by atoms with Gasteiger partial charge in [-0.3, -0.25) is 4.79 Å². The van der Waals surface area contributed by atoms with E-state index in [1.807, 2.05) is 6.92 Å². The van der Waals surface area contributed by atoms with E-state index in [4.69, 9.17) is 0 Å². The summed E-state index contributed by atoms with van der Waals surface area (Å²) in [5, 5.41) is 0. The van der Waals surface area contributed by atoms with Gasteiger partial charge in [0.2, 0.25) is 0 Å². The highest BCUT2D eigenvalue weighted by atomic mass is 16.1. The molecule has 1 saturated carbocycles. The summed E-state index contributed by atoms with van der Waals surface area (Å²) in [6.07, 6.45) is 7.75. The first kappa shape index (κ1) is 13.3. The normalized spacial score (nSPS) is 18.6. The van der Waals surface area contributed by atoms with Gasteiger partial charge in [-0.2, -0.15) is 0 Å². The molecule has 1 atom stereocenters. The molecule has 1 unspecified atom stereocenters. The van der Waals surface area contributed by atoms with E-state index in [1.165, 1.54) is 43.2 Å². The fourth-order valence-electron chi connectivity index (χ4n) is 2.86. The molecular formula is C17H24O. The van der Waals surface area contributed by atoms with Crippen molar-refractivity contribution in [2.24, 2.45) is 5.92 Å². The summed E-state index contributed by atoms with van der Waals surface area (Å²) in [5.41, 5.74) is 2.78. The zero-order chi connectivity index (χ0) is 13.0. The van der Waals surface area contributed by atoms with Crippen LogP contribution >= 0.6 is 0 Å². The summed E-state index contributed by atoms with van der Waals surface area (Å²) in [6.45, 7) is 3.69. The SMILES string of the molecule is CC(=O)C(C)Cc1ccc(C2CCCCC2)cc1. The van der Waals surface area contributed by atoms with E-state index in [-0.39, 0.29) is 11.7 Å². The van der Waals surface area contributed by atoms with Crippen LogP contribution < -0.4 is 0 Å². The van der Waals surface area contributed by atoms with Crippen molar-refractivity contribution in [2.45, 2.75) is 58.3 Å². The van der Waals surface area contributed by atoms with Crippen LogP contribution in [0.3, 0.4) is 0 Å². The molecule has 0 spiro atoms. The number of hydrogen-bond acceptors (Lipinski definition) is 1. The quantitative estimate of drug-likeness (QED) is 0.762. The number of carbonyl (C=O) groups is 1. The van der Waals surface area contributed by atoms with Gasteiger partial charge in [0.05, 0.1) is 0 Å². The van der Waals surface area contributed by atoms with Crippen molar-refractivity contribution in [1.82, 2.24) is 0 Å². The molecule has 1 nitrogen and oxygen atoms in total. The molecule has 0 N–H and O–H groups in total. The maximum absolute atomic E-state index is 11.3. The maximum Gasteiger partial charge on any atom is 0.132 e. The Morgan fingerprint density at radius 3 is 2.33 bits per heavy atom. The minimum Gasteiger partial charge on any atom is -0.300 e. The Labute approximate surface area is 111 Å². The highest BCUT2D eigenvalue weighted by Crippen LogP contribution is 2.32. The molecule has 0 bridgehead atoms. The molecule has 0 heterocycles. The van der Waals surface area contributed by atoms with Crippen molar-refractivity contribution in [1.29, 1.82) is 0 Å². The molecule has 1 aliphatic rings. The van der Waals surface area contributed by atoms with Gasteiger partial charge >= 0.3 is 0 Å². The summed E-state index contributed by atoms with van der Waals surface area (Å²) in [6, 6.07) is 8.98. The van der Waals surface area contributed by atoms with Gasteiger partial charge < -0.3 is 0 Å². The average molecular weight is 244 g/mol. The van der Waals surface area contributed by atoms with Crippen LogP contribution in [-0.2, 0) is 11.2 Å². The lowest BCUT2D eigenvalue weighted by Gasteiger charge is -2.22. The largest absolute Gasteiger partial charge is 0.300 e. The number of carbonyl (C=O) groups excluding carboxylic acids is 1. The summed E-state index contributed by atoms with van der Waals surface area (Å²) < 4.78 is 0. The van der Waals surface area contributed by atoms with Crippen molar-refractivity contribution < 1.29 is 4.79 Å². The first-order chi connectivity index (χ1) is 8.66. The zero-order valence-corrected chi connectivity index (χ0v) is 11.6. The molecule has 2 rings (SSSR count). The van der Waals surface area contributed by atoms with Crippen molar-refractivity contribution in [3.05, 3.63) is 35.4 Å². The van der Waals surface area contributed by atoms with Gasteiger partial charge in [-0.25, -0.2) is 0 Å². The number of rotatable bonds is 4. The Balaban J connectivity index is 1.98. The van der Waals surface area contributed by atoms with E-state index in [9.17, 15) is 4.79 Å². The van der Waals surface area contributed by atoms with Crippen LogP contribution in [0.25, 0.3) is 0 Å². The van der Waals surface area contributed by atoms with E-state index < -0.39 is 0 Å². The highest BCUT2D eigenvalue weighted by molar-refractivity contribution is 5.78. The molecule has 0 radical (unpaired) electrons. The van der Waals surface area contributed by atoms with Crippen LogP contribution in [0.2, 0.25) is 0 Å². The third-order valence-corrected chi connectivity index (χ3v) is 4.29. The molecule has 0 aliphatic heterocycles. The van der Waals surface area contributed by atoms with E-state index in [2.05, 4.69) is 24.3 Å². The predicted octanol–water partition coefficient (Wildman–Crippen LogP) is 4.50. The monoisotopic (exact) mass is 244 g/mol. The fourth-order valence-corrected chi connectivity index (χ4v) is 2.86. The van der Waals surface area contributed by atoms with Gasteiger partial charge in [-0.15, -0.1) is 0 Å². The van der Waals surface area contributed by atoms with Gasteiger partial charge in [-0.1, -0.05) is 50.5 Å². The Hall–Kier alpha value is -1.11. The number of benzene rings is 1. The first-order valence-electron chi connectivity index (χ1n) is 7.26. The van der Waals surface area contributed by atoms with Crippen molar-refractivity contribution in [3.8, 4) is 0 Å². The van der Waals surface area contributed by atoms with E-state index >= 15 is 0 Å². The van der Waals surface area contributed by atoms with Gasteiger partial charge in [0, 0.05) is 5.92 Å². The second-order valence-corrected chi connectivity index (χ2v) is 5.79. The lowest BCUT2D eigenvalue weighted by molar-refractivity contribution is -0.120. The van der Waals surface area contributed by atoms with Crippen LogP contribution in [0.1, 0.15) is 63.0 Å². The smallest absolute Gasteiger partial charge is 0.132 e. The van der Waals surface area contributed by atoms with Gasteiger partial charge in [0.25, 0.3) is 0 Å². The standard InChI is InChI=1S/C17H24O/c1-13(14(2)18)12-15-8-10-17(11-9-15)16-6-4-3-5-7-16/h8-11,13,16H,3-7,12H2,1-2H3. The van der Waals surface area contributed by atoms with Crippen LogP contribution in [0, 0.1) is 5.92 Å². The molecular weight excluding hydrogens is 220 g/mol. The number of hydrogen-bond donors (Lipinski definition) is 0. The molecule has 0 amide bonds. The first-order valence-corrected chi connectivity index (χ1v) is 7.26. The topological polar surface area (TPSA) is 17.1 Å². The van der Waals surface area contributed by atoms with Crippen LogP contribution in [0.4, 0.5) is 0 Å². The van der Waals surface area contributed by atoms with E-state index in [0.29, 0.717) is 0 Å². The lowest BCUT2D eigenvalue weighted by Crippen LogP contribution is -2.09. The number of ketones is 1. The van der Waals surface area contributed by atoms with Gasteiger partial charge in [0.1, 0.15) is 5.78 Å². The third-order valence-electron chi connectivity index (χ3n) is 4.29. The minimum absolute atomic E-state index is 0.144. The lowest BCUT2D eigenvalue weighted by atomic mass is 9.83. The Morgan fingerprint density at radius 2 is 1.78 bits per heavy atom. The molecule has 0 saturated heterocycles. The average Bonchev–Trinajstić information content (AvgIpc) is 2.40. The fraction of sp³-hybridized carbons (Fsp3) is 0.588. The highest BCUT2D eigenvalue weighted by Gasteiger charge is 2.15. The Kier molecular flexibility index (Phi) is 4.57. The molecule has 1 aromatic rings. The van der Waals surface area contributed by atoms with Crippen molar-refractivity contribution >= 4 is 5.78 Å². The van der Waals surface area contributed by atoms with Gasteiger partial charge in [0.15, 0.2) is 0 Å². The third kappa shape index (κ3) is 3.44. The molecule has 98 valence electrons. The summed E-state index contributed by atoms with van der Waals surface area (Å²) in [7, 11) is 0. The Bertz CT molecular complexity index is 385. The summed E-state index contributed by atoms with van der Waals surface area (Å²) in [5.74, 6) is 1.20. The zero-order valence-electron chi connectivity index (χ0n) is 11.6. The van der Waals surface area contributed by atoms with Crippen LogP contribution in [-0.4, -0.2) is 5.78 Å². The molecule has 0 aromatic heterocycles. The molecule has 1 aliphatic carbocycles. The van der Waals surface area contributed by atoms with Crippen molar-refractivity contribution in [3.63, 3.8) is 0 Å². The van der Waals surface area contributed by atoms with Crippen LogP contribution in [0.15, 0.2) is 24.3 Å². The predicted molar refractivity (Wildman–Crippen MR) is 75.8 cm³/mol. The van der Waals surface area contributed by atoms with E-state index in [1.54, 1.807) is 6.92 Å². The van der Waals surface area contributed by atoms with Crippen LogP contribution in [0.5, 0.6) is 0 Å².